The molecule has 1 heterocycles. The number of anilines is 1. The summed E-state index contributed by atoms with van der Waals surface area (Å²) < 4.78 is 0. The second-order valence-corrected chi connectivity index (χ2v) is 5.71. The van der Waals surface area contributed by atoms with Crippen molar-refractivity contribution in [2.75, 3.05) is 32.1 Å². The highest BCUT2D eigenvalue weighted by Gasteiger charge is 2.28. The normalized spacial score (nSPS) is 19.9. The van der Waals surface area contributed by atoms with E-state index in [9.17, 15) is 0 Å². The number of para-hydroxylation sites is 1. The summed E-state index contributed by atoms with van der Waals surface area (Å²) in [5.74, 6) is 0.180. The highest BCUT2D eigenvalue weighted by molar-refractivity contribution is 6.03. The van der Waals surface area contributed by atoms with Gasteiger partial charge in [0.05, 0.1) is 5.69 Å². The average molecular weight is 276 g/mol. The molecule has 0 radical (unpaired) electrons. The fourth-order valence-corrected chi connectivity index (χ4v) is 3.04. The van der Waals surface area contributed by atoms with E-state index >= 15 is 0 Å². The first-order valence-electron chi connectivity index (χ1n) is 7.03. The number of hydrogen-bond donors (Lipinski definition) is 2. The van der Waals surface area contributed by atoms with Gasteiger partial charge in [-0.05, 0) is 45.5 Å². The van der Waals surface area contributed by atoms with Gasteiger partial charge in [0.1, 0.15) is 0 Å². The maximum atomic E-state index is 8.99. The number of nitrogens with zero attached hydrogens (tertiary/aromatic N) is 3. The van der Waals surface area contributed by atoms with E-state index in [0.29, 0.717) is 6.04 Å². The second-order valence-electron chi connectivity index (χ2n) is 5.71. The van der Waals surface area contributed by atoms with Crippen molar-refractivity contribution in [3.05, 3.63) is 29.3 Å². The number of rotatable bonds is 4. The molecule has 0 amide bonds. The molecule has 5 heteroatoms. The standard InChI is InChI=1S/C15H24N4O/c1-11-6-4-8-13(15(16)17-20)14(11)19-9-5-7-12(19)10-18(2)3/h4,6,8,12,20H,5,7,9-10H2,1-3H3,(H2,16,17). The molecule has 0 saturated carbocycles. The number of hydrogen-bond acceptors (Lipinski definition) is 4. The highest BCUT2D eigenvalue weighted by Crippen LogP contribution is 2.32. The molecule has 2 rings (SSSR count). The van der Waals surface area contributed by atoms with Gasteiger partial charge in [0, 0.05) is 24.7 Å². The zero-order valence-corrected chi connectivity index (χ0v) is 12.5. The van der Waals surface area contributed by atoms with Gasteiger partial charge in [-0.1, -0.05) is 17.3 Å². The van der Waals surface area contributed by atoms with Crippen LogP contribution in [0.2, 0.25) is 0 Å². The number of likely N-dealkylation sites (N-methyl/N-ethyl adjacent to an activating group) is 1. The van der Waals surface area contributed by atoms with Gasteiger partial charge in [-0.25, -0.2) is 0 Å². The minimum Gasteiger partial charge on any atom is -0.409 e. The van der Waals surface area contributed by atoms with Crippen molar-refractivity contribution in [2.24, 2.45) is 10.9 Å². The van der Waals surface area contributed by atoms with Gasteiger partial charge in [0.15, 0.2) is 5.84 Å². The van der Waals surface area contributed by atoms with E-state index < -0.39 is 0 Å². The predicted molar refractivity (Wildman–Crippen MR) is 82.6 cm³/mol. The van der Waals surface area contributed by atoms with E-state index in [4.69, 9.17) is 10.9 Å². The van der Waals surface area contributed by atoms with Crippen LogP contribution in [0.25, 0.3) is 0 Å². The van der Waals surface area contributed by atoms with E-state index in [-0.39, 0.29) is 5.84 Å². The molecule has 3 N–H and O–H groups in total. The van der Waals surface area contributed by atoms with Crippen molar-refractivity contribution in [3.63, 3.8) is 0 Å². The Labute approximate surface area is 120 Å². The summed E-state index contributed by atoms with van der Waals surface area (Å²) in [6.45, 7) is 4.12. The number of nitrogens with two attached hydrogens (primary N) is 1. The van der Waals surface area contributed by atoms with Crippen LogP contribution in [0.15, 0.2) is 23.4 Å². The molecule has 20 heavy (non-hydrogen) atoms. The van der Waals surface area contributed by atoms with Crippen molar-refractivity contribution in [3.8, 4) is 0 Å². The first kappa shape index (κ1) is 14.7. The van der Waals surface area contributed by atoms with Gasteiger partial charge >= 0.3 is 0 Å². The number of amidine groups is 1. The summed E-state index contributed by atoms with van der Waals surface area (Å²) in [5.41, 5.74) is 8.93. The number of oxime groups is 1. The molecule has 1 aliphatic heterocycles. The molecular weight excluding hydrogens is 252 g/mol. The third-order valence-electron chi connectivity index (χ3n) is 3.86. The first-order chi connectivity index (χ1) is 9.54. The van der Waals surface area contributed by atoms with Crippen molar-refractivity contribution in [1.82, 2.24) is 4.90 Å². The van der Waals surface area contributed by atoms with Crippen LogP contribution < -0.4 is 10.6 Å². The van der Waals surface area contributed by atoms with Gasteiger partial charge < -0.3 is 20.7 Å². The lowest BCUT2D eigenvalue weighted by Gasteiger charge is -2.31. The topological polar surface area (TPSA) is 65.1 Å². The van der Waals surface area contributed by atoms with E-state index in [1.54, 1.807) is 0 Å². The molecule has 1 fully saturated rings. The fraction of sp³-hybridized carbons (Fsp3) is 0.533. The van der Waals surface area contributed by atoms with E-state index in [2.05, 4.69) is 42.0 Å². The van der Waals surface area contributed by atoms with Crippen LogP contribution in [-0.4, -0.2) is 49.2 Å². The lowest BCUT2D eigenvalue weighted by atomic mass is 10.0. The Hall–Kier alpha value is -1.75. The van der Waals surface area contributed by atoms with Crippen LogP contribution >= 0.6 is 0 Å². The Kier molecular flexibility index (Phi) is 4.49. The summed E-state index contributed by atoms with van der Waals surface area (Å²) >= 11 is 0. The molecular formula is C15H24N4O. The summed E-state index contributed by atoms with van der Waals surface area (Å²) in [6, 6.07) is 6.43. The van der Waals surface area contributed by atoms with Crippen LogP contribution in [0.3, 0.4) is 0 Å². The summed E-state index contributed by atoms with van der Waals surface area (Å²) in [4.78, 5) is 4.62. The monoisotopic (exact) mass is 276 g/mol. The Balaban J connectivity index is 2.40. The smallest absolute Gasteiger partial charge is 0.172 e. The molecule has 1 aliphatic rings. The van der Waals surface area contributed by atoms with Crippen molar-refractivity contribution in [2.45, 2.75) is 25.8 Å². The zero-order valence-electron chi connectivity index (χ0n) is 12.5. The van der Waals surface area contributed by atoms with E-state index in [0.717, 1.165) is 24.3 Å². The minimum absolute atomic E-state index is 0.180. The Morgan fingerprint density at radius 2 is 2.25 bits per heavy atom. The molecule has 0 bridgehead atoms. The number of benzene rings is 1. The van der Waals surface area contributed by atoms with E-state index in [1.165, 1.54) is 18.4 Å². The van der Waals surface area contributed by atoms with Gasteiger partial charge in [-0.2, -0.15) is 0 Å². The molecule has 1 aromatic rings. The van der Waals surface area contributed by atoms with Gasteiger partial charge in [0.25, 0.3) is 0 Å². The first-order valence-corrected chi connectivity index (χ1v) is 7.03. The van der Waals surface area contributed by atoms with Crippen LogP contribution in [0.1, 0.15) is 24.0 Å². The van der Waals surface area contributed by atoms with Crippen molar-refractivity contribution >= 4 is 11.5 Å². The molecule has 0 aliphatic carbocycles. The molecule has 0 aromatic heterocycles. The summed E-state index contributed by atoms with van der Waals surface area (Å²) in [5, 5.41) is 12.2. The molecule has 1 saturated heterocycles. The Morgan fingerprint density at radius 3 is 2.90 bits per heavy atom. The predicted octanol–water partition coefficient (Wildman–Crippen LogP) is 1.62. The van der Waals surface area contributed by atoms with Crippen LogP contribution in [-0.2, 0) is 0 Å². The number of aryl methyl sites for hydroxylation is 1. The largest absolute Gasteiger partial charge is 0.409 e. The molecule has 1 atom stereocenters. The second kappa shape index (κ2) is 6.13. The Morgan fingerprint density at radius 1 is 1.50 bits per heavy atom. The Bertz CT molecular complexity index is 499. The van der Waals surface area contributed by atoms with Crippen LogP contribution in [0.4, 0.5) is 5.69 Å². The SMILES string of the molecule is Cc1cccc(/C(N)=N/O)c1N1CCCC1CN(C)C. The van der Waals surface area contributed by atoms with Crippen LogP contribution in [0.5, 0.6) is 0 Å². The third-order valence-corrected chi connectivity index (χ3v) is 3.86. The molecule has 5 nitrogen and oxygen atoms in total. The lowest BCUT2D eigenvalue weighted by Crippen LogP contribution is -2.39. The van der Waals surface area contributed by atoms with E-state index in [1.807, 2.05) is 12.1 Å². The van der Waals surface area contributed by atoms with Gasteiger partial charge in [-0.3, -0.25) is 0 Å². The third kappa shape index (κ3) is 2.88. The fourth-order valence-electron chi connectivity index (χ4n) is 3.04. The maximum Gasteiger partial charge on any atom is 0.172 e. The minimum atomic E-state index is 0.180. The van der Waals surface area contributed by atoms with Crippen LogP contribution in [0, 0.1) is 6.92 Å². The molecule has 1 unspecified atom stereocenters. The molecule has 1 aromatic carbocycles. The molecule has 0 spiro atoms. The highest BCUT2D eigenvalue weighted by atomic mass is 16.4. The van der Waals surface area contributed by atoms with Gasteiger partial charge in [-0.15, -0.1) is 0 Å². The molecule has 110 valence electrons. The maximum absolute atomic E-state index is 8.99. The lowest BCUT2D eigenvalue weighted by molar-refractivity contribution is 0.318. The van der Waals surface area contributed by atoms with Crippen molar-refractivity contribution in [1.29, 1.82) is 0 Å². The zero-order chi connectivity index (χ0) is 14.7. The van der Waals surface area contributed by atoms with Crippen molar-refractivity contribution < 1.29 is 5.21 Å². The van der Waals surface area contributed by atoms with Gasteiger partial charge in [0.2, 0.25) is 0 Å². The average Bonchev–Trinajstić information content (AvgIpc) is 2.84. The quantitative estimate of drug-likeness (QED) is 0.379. The summed E-state index contributed by atoms with van der Waals surface area (Å²) in [6.07, 6.45) is 2.37. The summed E-state index contributed by atoms with van der Waals surface area (Å²) in [7, 11) is 4.19.